The molecule has 0 aliphatic carbocycles. The van der Waals surface area contributed by atoms with Gasteiger partial charge >= 0.3 is 5.97 Å². The Bertz CT molecular complexity index is 630. The Balaban J connectivity index is 2.23. The van der Waals surface area contributed by atoms with E-state index in [1.807, 2.05) is 19.1 Å². The number of nitrogens with one attached hydrogen (secondary N) is 2. The van der Waals surface area contributed by atoms with Crippen LogP contribution in [0, 0.1) is 0 Å². The second-order valence-corrected chi connectivity index (χ2v) is 4.89. The van der Waals surface area contributed by atoms with E-state index in [0.29, 0.717) is 18.3 Å². The summed E-state index contributed by atoms with van der Waals surface area (Å²) < 4.78 is 5.14. The first-order valence-electron chi connectivity index (χ1n) is 6.76. The molecule has 1 aliphatic heterocycles. The minimum absolute atomic E-state index is 0.255. The van der Waals surface area contributed by atoms with Crippen LogP contribution in [-0.2, 0) is 11.2 Å². The number of ether oxygens (including phenoxy) is 1. The first-order valence-corrected chi connectivity index (χ1v) is 6.76. The lowest BCUT2D eigenvalue weighted by Gasteiger charge is -2.11. The van der Waals surface area contributed by atoms with Crippen molar-refractivity contribution < 1.29 is 9.53 Å². The second-order valence-electron chi connectivity index (χ2n) is 4.89. The average Bonchev–Trinajstić information content (AvgIpc) is 2.69. The molecule has 1 aromatic heterocycles. The van der Waals surface area contributed by atoms with Crippen LogP contribution in [0.1, 0.15) is 41.5 Å². The molecule has 0 spiro atoms. The van der Waals surface area contributed by atoms with Crippen LogP contribution < -0.4 is 5.32 Å². The normalized spacial score (nSPS) is 18.3. The van der Waals surface area contributed by atoms with Gasteiger partial charge in [0, 0.05) is 16.9 Å². The van der Waals surface area contributed by atoms with Crippen LogP contribution in [0.5, 0.6) is 0 Å². The van der Waals surface area contributed by atoms with Gasteiger partial charge in [-0.2, -0.15) is 0 Å². The number of aromatic nitrogens is 1. The fourth-order valence-electron chi connectivity index (χ4n) is 2.86. The summed E-state index contributed by atoms with van der Waals surface area (Å²) in [5, 5.41) is 4.65. The molecule has 1 atom stereocenters. The van der Waals surface area contributed by atoms with Gasteiger partial charge in [-0.05, 0) is 44.0 Å². The van der Waals surface area contributed by atoms with Crippen LogP contribution in [0.2, 0.25) is 0 Å². The van der Waals surface area contributed by atoms with Crippen molar-refractivity contribution in [1.29, 1.82) is 0 Å². The summed E-state index contributed by atoms with van der Waals surface area (Å²) in [6, 6.07) is 6.47. The number of hydrogen-bond acceptors (Lipinski definition) is 3. The van der Waals surface area contributed by atoms with E-state index in [-0.39, 0.29) is 5.97 Å². The molecule has 1 unspecified atom stereocenters. The molecule has 0 bridgehead atoms. The molecule has 0 radical (unpaired) electrons. The number of carbonyl (C=O) groups is 1. The van der Waals surface area contributed by atoms with E-state index in [2.05, 4.69) is 23.3 Å². The highest BCUT2D eigenvalue weighted by Gasteiger charge is 2.24. The summed E-state index contributed by atoms with van der Waals surface area (Å²) in [5.41, 5.74) is 3.96. The van der Waals surface area contributed by atoms with Gasteiger partial charge in [0.1, 0.15) is 5.69 Å². The van der Waals surface area contributed by atoms with Gasteiger partial charge in [0.25, 0.3) is 0 Å². The fourth-order valence-corrected chi connectivity index (χ4v) is 2.86. The molecule has 0 fully saturated rings. The zero-order valence-electron chi connectivity index (χ0n) is 11.2. The van der Waals surface area contributed by atoms with E-state index < -0.39 is 0 Å². The van der Waals surface area contributed by atoms with E-state index in [4.69, 9.17) is 4.74 Å². The Hall–Kier alpha value is -1.81. The zero-order chi connectivity index (χ0) is 13.4. The van der Waals surface area contributed by atoms with Gasteiger partial charge in [0.2, 0.25) is 0 Å². The molecular weight excluding hydrogens is 240 g/mol. The predicted molar refractivity (Wildman–Crippen MR) is 74.4 cm³/mol. The van der Waals surface area contributed by atoms with Crippen molar-refractivity contribution in [3.05, 3.63) is 35.0 Å². The number of benzene rings is 1. The molecule has 0 saturated carbocycles. The third kappa shape index (κ3) is 1.92. The summed E-state index contributed by atoms with van der Waals surface area (Å²) in [5.74, 6) is -0.255. The van der Waals surface area contributed by atoms with Gasteiger partial charge < -0.3 is 15.0 Å². The standard InChI is InChI=1S/C15H18N2O2/c1-3-19-15(18)14-11-7-8-16-9(2)10-5-4-6-12(17-14)13(10)11/h4-6,9,16-17H,3,7-8H2,1-2H3. The van der Waals surface area contributed by atoms with Crippen molar-refractivity contribution in [3.8, 4) is 0 Å². The molecule has 4 heteroatoms. The lowest BCUT2D eigenvalue weighted by Crippen LogP contribution is -2.19. The SMILES string of the molecule is CCOC(=O)c1[nH]c2cccc3c2c1CCNC3C. The molecular formula is C15H18N2O2. The largest absolute Gasteiger partial charge is 0.461 e. The van der Waals surface area contributed by atoms with Crippen LogP contribution in [0.15, 0.2) is 18.2 Å². The Morgan fingerprint density at radius 2 is 2.32 bits per heavy atom. The summed E-state index contributed by atoms with van der Waals surface area (Å²) >= 11 is 0. The smallest absolute Gasteiger partial charge is 0.355 e. The summed E-state index contributed by atoms with van der Waals surface area (Å²) in [4.78, 5) is 15.3. The van der Waals surface area contributed by atoms with E-state index in [0.717, 1.165) is 24.0 Å². The summed E-state index contributed by atoms with van der Waals surface area (Å²) in [6.45, 7) is 5.25. The Kier molecular flexibility index (Phi) is 3.03. The van der Waals surface area contributed by atoms with Crippen LogP contribution in [0.4, 0.5) is 0 Å². The van der Waals surface area contributed by atoms with Gasteiger partial charge in [-0.25, -0.2) is 4.79 Å². The molecule has 0 saturated heterocycles. The van der Waals surface area contributed by atoms with E-state index in [9.17, 15) is 4.79 Å². The molecule has 3 rings (SSSR count). The number of H-pyrrole nitrogens is 1. The highest BCUT2D eigenvalue weighted by atomic mass is 16.5. The lowest BCUT2D eigenvalue weighted by molar-refractivity contribution is 0.0519. The third-order valence-electron chi connectivity index (χ3n) is 3.73. The van der Waals surface area contributed by atoms with Crippen molar-refractivity contribution in [2.45, 2.75) is 26.3 Å². The molecule has 2 N–H and O–H groups in total. The van der Waals surface area contributed by atoms with Crippen molar-refractivity contribution >= 4 is 16.9 Å². The quantitative estimate of drug-likeness (QED) is 0.814. The topological polar surface area (TPSA) is 54.1 Å². The maximum absolute atomic E-state index is 12.0. The third-order valence-corrected chi connectivity index (χ3v) is 3.73. The van der Waals surface area contributed by atoms with Crippen molar-refractivity contribution in [1.82, 2.24) is 10.3 Å². The Morgan fingerprint density at radius 1 is 1.47 bits per heavy atom. The van der Waals surface area contributed by atoms with Crippen LogP contribution in [-0.4, -0.2) is 24.1 Å². The zero-order valence-corrected chi connectivity index (χ0v) is 11.2. The maximum Gasteiger partial charge on any atom is 0.355 e. The van der Waals surface area contributed by atoms with Gasteiger partial charge in [0.05, 0.1) is 6.61 Å². The van der Waals surface area contributed by atoms with E-state index >= 15 is 0 Å². The summed E-state index contributed by atoms with van der Waals surface area (Å²) in [6.07, 6.45) is 0.843. The molecule has 100 valence electrons. The molecule has 2 aromatic rings. The number of aromatic amines is 1. The van der Waals surface area contributed by atoms with Crippen LogP contribution in [0.3, 0.4) is 0 Å². The van der Waals surface area contributed by atoms with E-state index in [1.54, 1.807) is 0 Å². The molecule has 4 nitrogen and oxygen atoms in total. The highest BCUT2D eigenvalue weighted by Crippen LogP contribution is 2.32. The van der Waals surface area contributed by atoms with Gasteiger partial charge in [-0.15, -0.1) is 0 Å². The second kappa shape index (κ2) is 4.70. The Morgan fingerprint density at radius 3 is 3.11 bits per heavy atom. The molecule has 19 heavy (non-hydrogen) atoms. The van der Waals surface area contributed by atoms with Gasteiger partial charge in [0.15, 0.2) is 0 Å². The van der Waals surface area contributed by atoms with Crippen molar-refractivity contribution in [2.24, 2.45) is 0 Å². The molecule has 0 amide bonds. The first-order chi connectivity index (χ1) is 9.22. The first kappa shape index (κ1) is 12.2. The highest BCUT2D eigenvalue weighted by molar-refractivity contribution is 5.99. The predicted octanol–water partition coefficient (Wildman–Crippen LogP) is 2.55. The van der Waals surface area contributed by atoms with Crippen molar-refractivity contribution in [2.75, 3.05) is 13.2 Å². The number of rotatable bonds is 2. The van der Waals surface area contributed by atoms with E-state index in [1.165, 1.54) is 10.9 Å². The Labute approximate surface area is 112 Å². The number of hydrogen-bond donors (Lipinski definition) is 2. The monoisotopic (exact) mass is 258 g/mol. The van der Waals surface area contributed by atoms with Crippen molar-refractivity contribution in [3.63, 3.8) is 0 Å². The summed E-state index contributed by atoms with van der Waals surface area (Å²) in [7, 11) is 0. The fraction of sp³-hybridized carbons (Fsp3) is 0.400. The van der Waals surface area contributed by atoms with Gasteiger partial charge in [-0.3, -0.25) is 0 Å². The molecule has 1 aromatic carbocycles. The number of esters is 1. The number of carbonyl (C=O) groups excluding carboxylic acids is 1. The van der Waals surface area contributed by atoms with Gasteiger partial charge in [-0.1, -0.05) is 12.1 Å². The maximum atomic E-state index is 12.0. The average molecular weight is 258 g/mol. The lowest BCUT2D eigenvalue weighted by atomic mass is 10.0. The van der Waals surface area contributed by atoms with Crippen LogP contribution in [0.25, 0.3) is 10.9 Å². The molecule has 1 aliphatic rings. The van der Waals surface area contributed by atoms with Crippen LogP contribution >= 0.6 is 0 Å². The minimum Gasteiger partial charge on any atom is -0.461 e. The molecule has 2 heterocycles. The minimum atomic E-state index is -0.255.